The van der Waals surface area contributed by atoms with Gasteiger partial charge in [0, 0.05) is 6.54 Å². The molecular formula is C9H13N3O4S. The highest BCUT2D eigenvalue weighted by molar-refractivity contribution is 7.89. The van der Waals surface area contributed by atoms with E-state index in [1.165, 1.54) is 0 Å². The molecule has 1 aromatic rings. The maximum Gasteiger partial charge on any atom is 0.340 e. The third-order valence-corrected chi connectivity index (χ3v) is 4.08. The van der Waals surface area contributed by atoms with Gasteiger partial charge in [-0.2, -0.15) is 5.10 Å². The average molecular weight is 259 g/mol. The molecule has 94 valence electrons. The number of aromatic carboxylic acids is 1. The maximum absolute atomic E-state index is 11.8. The van der Waals surface area contributed by atoms with E-state index in [0.29, 0.717) is 12.5 Å². The van der Waals surface area contributed by atoms with Gasteiger partial charge in [-0.1, -0.05) is 12.8 Å². The van der Waals surface area contributed by atoms with Gasteiger partial charge in [0.2, 0.25) is 0 Å². The minimum atomic E-state index is -3.81. The number of aromatic amines is 1. The predicted octanol–water partition coefficient (Wildman–Crippen LogP) is 0.186. The Balaban J connectivity index is 2.07. The van der Waals surface area contributed by atoms with Crippen molar-refractivity contribution in [3.63, 3.8) is 0 Å². The summed E-state index contributed by atoms with van der Waals surface area (Å²) in [5, 5.41) is 14.0. The van der Waals surface area contributed by atoms with Crippen LogP contribution >= 0.6 is 0 Å². The van der Waals surface area contributed by atoms with Crippen molar-refractivity contribution in [2.45, 2.75) is 24.3 Å². The Morgan fingerprint density at radius 3 is 2.88 bits per heavy atom. The number of carboxylic acids is 1. The van der Waals surface area contributed by atoms with Crippen molar-refractivity contribution in [1.29, 1.82) is 0 Å². The van der Waals surface area contributed by atoms with Crippen LogP contribution in [0.1, 0.15) is 29.6 Å². The molecule has 0 aromatic carbocycles. The molecule has 1 aliphatic rings. The number of H-pyrrole nitrogens is 1. The van der Waals surface area contributed by atoms with Crippen LogP contribution in [-0.4, -0.2) is 36.2 Å². The number of carbonyl (C=O) groups is 1. The minimum Gasteiger partial charge on any atom is -0.478 e. The van der Waals surface area contributed by atoms with Crippen LogP contribution in [0.4, 0.5) is 0 Å². The summed E-state index contributed by atoms with van der Waals surface area (Å²) in [6.45, 7) is 0.324. The van der Waals surface area contributed by atoms with Gasteiger partial charge in [-0.15, -0.1) is 0 Å². The molecule has 17 heavy (non-hydrogen) atoms. The van der Waals surface area contributed by atoms with E-state index < -0.39 is 16.0 Å². The zero-order chi connectivity index (χ0) is 12.5. The second kappa shape index (κ2) is 4.46. The Bertz CT molecular complexity index is 518. The largest absolute Gasteiger partial charge is 0.478 e. The number of carboxylic acid groups (broad SMARTS) is 1. The van der Waals surface area contributed by atoms with E-state index in [1.807, 2.05) is 0 Å². The molecule has 3 N–H and O–H groups in total. The van der Waals surface area contributed by atoms with Gasteiger partial charge in [0.25, 0.3) is 10.0 Å². The molecule has 0 atom stereocenters. The Kier molecular flexibility index (Phi) is 3.16. The van der Waals surface area contributed by atoms with E-state index in [9.17, 15) is 13.2 Å². The summed E-state index contributed by atoms with van der Waals surface area (Å²) in [5.41, 5.74) is -0.344. The van der Waals surface area contributed by atoms with Crippen LogP contribution < -0.4 is 4.72 Å². The van der Waals surface area contributed by atoms with Crippen LogP contribution in [0, 0.1) is 5.92 Å². The molecule has 8 heteroatoms. The second-order valence-electron chi connectivity index (χ2n) is 4.05. The van der Waals surface area contributed by atoms with E-state index >= 15 is 0 Å². The fourth-order valence-corrected chi connectivity index (χ4v) is 2.64. The molecule has 2 rings (SSSR count). The summed E-state index contributed by atoms with van der Waals surface area (Å²) < 4.78 is 25.9. The fourth-order valence-electron chi connectivity index (χ4n) is 1.51. The van der Waals surface area contributed by atoms with Crippen molar-refractivity contribution < 1.29 is 18.3 Å². The van der Waals surface area contributed by atoms with Crippen LogP contribution in [0.25, 0.3) is 0 Å². The van der Waals surface area contributed by atoms with E-state index in [2.05, 4.69) is 14.9 Å². The monoisotopic (exact) mass is 259 g/mol. The molecule has 0 saturated heterocycles. The maximum atomic E-state index is 11.8. The summed E-state index contributed by atoms with van der Waals surface area (Å²) >= 11 is 0. The number of nitrogens with zero attached hydrogens (tertiary/aromatic N) is 1. The van der Waals surface area contributed by atoms with Crippen molar-refractivity contribution in [3.05, 3.63) is 11.8 Å². The third-order valence-electron chi connectivity index (χ3n) is 2.65. The molecule has 7 nitrogen and oxygen atoms in total. The van der Waals surface area contributed by atoms with Gasteiger partial charge < -0.3 is 5.11 Å². The highest BCUT2D eigenvalue weighted by Gasteiger charge is 2.26. The molecule has 0 unspecified atom stereocenters. The van der Waals surface area contributed by atoms with E-state index in [-0.39, 0.29) is 10.6 Å². The van der Waals surface area contributed by atoms with Crippen LogP contribution in [0.5, 0.6) is 0 Å². The lowest BCUT2D eigenvalue weighted by atomic mass is 10.3. The number of rotatable bonds is 6. The van der Waals surface area contributed by atoms with Gasteiger partial charge in [0.05, 0.1) is 6.20 Å². The molecule has 1 aliphatic carbocycles. The first-order valence-corrected chi connectivity index (χ1v) is 6.75. The lowest BCUT2D eigenvalue weighted by Crippen LogP contribution is -2.26. The van der Waals surface area contributed by atoms with E-state index in [4.69, 9.17) is 5.11 Å². The number of hydrogen-bond donors (Lipinski definition) is 3. The number of nitrogens with one attached hydrogen (secondary N) is 2. The molecule has 1 fully saturated rings. The van der Waals surface area contributed by atoms with E-state index in [1.54, 1.807) is 0 Å². The molecule has 0 amide bonds. The first-order chi connectivity index (χ1) is 8.00. The Labute approximate surface area is 98.3 Å². The molecule has 1 heterocycles. The minimum absolute atomic E-state index is 0.324. The summed E-state index contributed by atoms with van der Waals surface area (Å²) in [6.07, 6.45) is 4.06. The predicted molar refractivity (Wildman–Crippen MR) is 58.1 cm³/mol. The number of hydrogen-bond acceptors (Lipinski definition) is 4. The topological polar surface area (TPSA) is 112 Å². The second-order valence-corrected chi connectivity index (χ2v) is 5.75. The Morgan fingerprint density at radius 2 is 2.29 bits per heavy atom. The molecule has 1 aromatic heterocycles. The smallest absolute Gasteiger partial charge is 0.340 e. The first-order valence-electron chi connectivity index (χ1n) is 5.27. The zero-order valence-corrected chi connectivity index (χ0v) is 9.83. The molecule has 1 saturated carbocycles. The molecular weight excluding hydrogens is 246 g/mol. The molecule has 0 bridgehead atoms. The average Bonchev–Trinajstić information content (AvgIpc) is 2.92. The molecule has 0 aliphatic heterocycles. The van der Waals surface area contributed by atoms with Gasteiger partial charge in [0.1, 0.15) is 5.56 Å². The normalized spacial score (nSPS) is 16.0. The van der Waals surface area contributed by atoms with E-state index in [0.717, 1.165) is 25.5 Å². The fraction of sp³-hybridized carbons (Fsp3) is 0.556. The Morgan fingerprint density at radius 1 is 1.59 bits per heavy atom. The zero-order valence-electron chi connectivity index (χ0n) is 9.01. The highest BCUT2D eigenvalue weighted by atomic mass is 32.2. The van der Waals surface area contributed by atoms with Crippen molar-refractivity contribution in [2.24, 2.45) is 5.92 Å². The summed E-state index contributed by atoms with van der Waals surface area (Å²) in [6, 6.07) is 0. The van der Waals surface area contributed by atoms with Gasteiger partial charge >= 0.3 is 5.97 Å². The van der Waals surface area contributed by atoms with Crippen molar-refractivity contribution >= 4 is 16.0 Å². The van der Waals surface area contributed by atoms with Crippen LogP contribution in [0.3, 0.4) is 0 Å². The van der Waals surface area contributed by atoms with Gasteiger partial charge in [-0.25, -0.2) is 17.9 Å². The number of sulfonamides is 1. The summed E-state index contributed by atoms with van der Waals surface area (Å²) in [7, 11) is -3.81. The molecule has 0 spiro atoms. The van der Waals surface area contributed by atoms with Gasteiger partial charge in [0.15, 0.2) is 5.03 Å². The number of aromatic nitrogens is 2. The lowest BCUT2D eigenvalue weighted by Gasteiger charge is -2.04. The van der Waals surface area contributed by atoms with Gasteiger partial charge in [-0.3, -0.25) is 5.10 Å². The van der Waals surface area contributed by atoms with Gasteiger partial charge in [-0.05, 0) is 12.3 Å². The van der Waals surface area contributed by atoms with Crippen LogP contribution in [0.15, 0.2) is 11.2 Å². The quantitative estimate of drug-likeness (QED) is 0.675. The van der Waals surface area contributed by atoms with Crippen molar-refractivity contribution in [2.75, 3.05) is 6.54 Å². The first kappa shape index (κ1) is 12.1. The molecule has 0 radical (unpaired) electrons. The third kappa shape index (κ3) is 2.83. The van der Waals surface area contributed by atoms with Crippen LogP contribution in [-0.2, 0) is 10.0 Å². The van der Waals surface area contributed by atoms with Crippen LogP contribution in [0.2, 0.25) is 0 Å². The Hall–Kier alpha value is -1.41. The lowest BCUT2D eigenvalue weighted by molar-refractivity contribution is 0.0692. The summed E-state index contributed by atoms with van der Waals surface area (Å²) in [5.74, 6) is -0.709. The highest BCUT2D eigenvalue weighted by Crippen LogP contribution is 2.31. The standard InChI is InChI=1S/C9H13N3O4S/c13-9(14)7-5-10-12-8(7)17(15,16)11-4-3-6-1-2-6/h5-6,11H,1-4H2,(H,10,12)(H,13,14). The SMILES string of the molecule is O=C(O)c1cn[nH]c1S(=O)(=O)NCCC1CC1. The summed E-state index contributed by atoms with van der Waals surface area (Å²) in [4.78, 5) is 10.8. The van der Waals surface area contributed by atoms with Crippen molar-refractivity contribution in [1.82, 2.24) is 14.9 Å². The van der Waals surface area contributed by atoms with Crippen molar-refractivity contribution in [3.8, 4) is 0 Å².